The van der Waals surface area contributed by atoms with Gasteiger partial charge >= 0.3 is 0 Å². The van der Waals surface area contributed by atoms with Crippen molar-refractivity contribution in [2.24, 2.45) is 0 Å². The van der Waals surface area contributed by atoms with E-state index in [2.05, 4.69) is 22.1 Å². The molecule has 0 aliphatic heterocycles. The van der Waals surface area contributed by atoms with Crippen LogP contribution >= 0.6 is 0 Å². The lowest BCUT2D eigenvalue weighted by Gasteiger charge is -2.22. The summed E-state index contributed by atoms with van der Waals surface area (Å²) >= 11 is 0. The molecule has 27 heavy (non-hydrogen) atoms. The topological polar surface area (TPSA) is 49.0 Å². The van der Waals surface area contributed by atoms with Crippen molar-refractivity contribution in [3.8, 4) is 0 Å². The summed E-state index contributed by atoms with van der Waals surface area (Å²) in [5.41, 5.74) is 3.69. The fourth-order valence-electron chi connectivity index (χ4n) is 3.21. The third-order valence-corrected chi connectivity index (χ3v) is 4.64. The summed E-state index contributed by atoms with van der Waals surface area (Å²) < 4.78 is 0. The van der Waals surface area contributed by atoms with E-state index in [-0.39, 0.29) is 5.91 Å². The predicted molar refractivity (Wildman–Crippen MR) is 107 cm³/mol. The van der Waals surface area contributed by atoms with Crippen LogP contribution in [-0.2, 0) is 13.0 Å². The molecule has 0 bridgehead atoms. The molecule has 0 saturated heterocycles. The first kappa shape index (κ1) is 17.0. The molecule has 0 unspecified atom stereocenters. The van der Waals surface area contributed by atoms with E-state index in [0.29, 0.717) is 18.8 Å². The van der Waals surface area contributed by atoms with Gasteiger partial charge < -0.3 is 9.88 Å². The molecule has 4 rings (SSSR count). The predicted octanol–water partition coefficient (Wildman–Crippen LogP) is 4.45. The number of fused-ring (bicyclic) bond motifs is 1. The van der Waals surface area contributed by atoms with Crippen LogP contribution < -0.4 is 0 Å². The zero-order valence-corrected chi connectivity index (χ0v) is 15.0. The normalized spacial score (nSPS) is 10.8. The van der Waals surface area contributed by atoms with E-state index in [1.54, 1.807) is 6.20 Å². The number of carbonyl (C=O) groups excluding carboxylic acids is 1. The fraction of sp³-hybridized carbons (Fsp3) is 0.130. The first-order valence-electron chi connectivity index (χ1n) is 9.10. The molecule has 0 aliphatic rings. The van der Waals surface area contributed by atoms with Gasteiger partial charge in [0, 0.05) is 23.6 Å². The highest BCUT2D eigenvalue weighted by molar-refractivity contribution is 5.98. The van der Waals surface area contributed by atoms with Crippen LogP contribution in [0.1, 0.15) is 21.7 Å². The second-order valence-corrected chi connectivity index (χ2v) is 6.55. The first-order valence-corrected chi connectivity index (χ1v) is 9.10. The van der Waals surface area contributed by atoms with Crippen LogP contribution in [0.15, 0.2) is 85.1 Å². The summed E-state index contributed by atoms with van der Waals surface area (Å²) in [5.74, 6) is -0.00668. The minimum atomic E-state index is -0.00668. The lowest BCUT2D eigenvalue weighted by Crippen LogP contribution is -2.33. The molecule has 0 fully saturated rings. The van der Waals surface area contributed by atoms with Crippen LogP contribution in [0.3, 0.4) is 0 Å². The van der Waals surface area contributed by atoms with Crippen LogP contribution in [0.5, 0.6) is 0 Å². The number of amides is 1. The van der Waals surface area contributed by atoms with Crippen molar-refractivity contribution in [2.45, 2.75) is 13.0 Å². The van der Waals surface area contributed by atoms with E-state index in [9.17, 15) is 4.79 Å². The van der Waals surface area contributed by atoms with E-state index < -0.39 is 0 Å². The maximum atomic E-state index is 13.2. The Morgan fingerprint density at radius 2 is 1.70 bits per heavy atom. The summed E-state index contributed by atoms with van der Waals surface area (Å²) in [6, 6.07) is 25.9. The first-order chi connectivity index (χ1) is 13.3. The van der Waals surface area contributed by atoms with Crippen molar-refractivity contribution in [2.75, 3.05) is 6.54 Å². The highest BCUT2D eigenvalue weighted by Gasteiger charge is 2.18. The molecule has 1 amide bonds. The van der Waals surface area contributed by atoms with Crippen molar-refractivity contribution in [3.63, 3.8) is 0 Å². The number of benzene rings is 2. The SMILES string of the molecule is O=C(c1cc2ccccc2[nH]1)N(CCc1ccccc1)Cc1ccccn1. The number of para-hydroxylation sites is 1. The minimum Gasteiger partial charge on any atom is -0.351 e. The highest BCUT2D eigenvalue weighted by Crippen LogP contribution is 2.17. The number of aromatic nitrogens is 2. The summed E-state index contributed by atoms with van der Waals surface area (Å²) in [5, 5.41) is 1.04. The number of H-pyrrole nitrogens is 1. The number of nitrogens with one attached hydrogen (secondary N) is 1. The quantitative estimate of drug-likeness (QED) is 0.555. The van der Waals surface area contributed by atoms with Crippen molar-refractivity contribution in [3.05, 3.63) is 102 Å². The Labute approximate surface area is 158 Å². The van der Waals surface area contributed by atoms with E-state index in [1.165, 1.54) is 5.56 Å². The highest BCUT2D eigenvalue weighted by atomic mass is 16.2. The van der Waals surface area contributed by atoms with Gasteiger partial charge in [-0.25, -0.2) is 0 Å². The van der Waals surface area contributed by atoms with Gasteiger partial charge in [-0.15, -0.1) is 0 Å². The molecule has 134 valence electrons. The van der Waals surface area contributed by atoms with E-state index in [4.69, 9.17) is 0 Å². The molecule has 4 heteroatoms. The maximum absolute atomic E-state index is 13.2. The fourth-order valence-corrected chi connectivity index (χ4v) is 3.21. The molecule has 2 aromatic heterocycles. The Balaban J connectivity index is 1.58. The molecule has 0 atom stereocenters. The van der Waals surface area contributed by atoms with Crippen molar-refractivity contribution >= 4 is 16.8 Å². The molecule has 1 N–H and O–H groups in total. The lowest BCUT2D eigenvalue weighted by molar-refractivity contribution is 0.0738. The number of nitrogens with zero attached hydrogens (tertiary/aromatic N) is 2. The van der Waals surface area contributed by atoms with Gasteiger partial charge in [0.25, 0.3) is 5.91 Å². The summed E-state index contributed by atoms with van der Waals surface area (Å²) in [6.45, 7) is 1.12. The number of hydrogen-bond acceptors (Lipinski definition) is 2. The molecule has 0 spiro atoms. The molecule has 0 aliphatic carbocycles. The van der Waals surface area contributed by atoms with E-state index >= 15 is 0 Å². The number of rotatable bonds is 6. The van der Waals surface area contributed by atoms with Gasteiger partial charge in [0.2, 0.25) is 0 Å². The summed E-state index contributed by atoms with van der Waals surface area (Å²) in [4.78, 5) is 22.7. The molecule has 0 saturated carbocycles. The number of aromatic amines is 1. The van der Waals surface area contributed by atoms with Crippen molar-refractivity contribution < 1.29 is 4.79 Å². The number of pyridine rings is 1. The third kappa shape index (κ3) is 4.06. The van der Waals surface area contributed by atoms with Crippen LogP contribution in [0.4, 0.5) is 0 Å². The lowest BCUT2D eigenvalue weighted by atomic mass is 10.1. The Kier molecular flexibility index (Phi) is 4.97. The summed E-state index contributed by atoms with van der Waals surface area (Å²) in [7, 11) is 0. The average Bonchev–Trinajstić information content (AvgIpc) is 3.16. The smallest absolute Gasteiger partial charge is 0.270 e. The van der Waals surface area contributed by atoms with Crippen LogP contribution in [0, 0.1) is 0 Å². The van der Waals surface area contributed by atoms with Crippen molar-refractivity contribution in [1.82, 2.24) is 14.9 Å². The standard InChI is InChI=1S/C23H21N3O/c27-23(22-16-19-10-4-5-12-21(19)25-22)26(17-20-11-6-7-14-24-20)15-13-18-8-2-1-3-9-18/h1-12,14,16,25H,13,15,17H2. The molecular formula is C23H21N3O. The monoisotopic (exact) mass is 355 g/mol. The largest absolute Gasteiger partial charge is 0.351 e. The van der Waals surface area contributed by atoms with Gasteiger partial charge in [0.15, 0.2) is 0 Å². The molecular weight excluding hydrogens is 334 g/mol. The second-order valence-electron chi connectivity index (χ2n) is 6.55. The maximum Gasteiger partial charge on any atom is 0.270 e. The molecule has 0 radical (unpaired) electrons. The molecule has 4 aromatic rings. The van der Waals surface area contributed by atoms with Gasteiger partial charge in [0.1, 0.15) is 5.69 Å². The van der Waals surface area contributed by atoms with Gasteiger partial charge in [-0.2, -0.15) is 0 Å². The van der Waals surface area contributed by atoms with Gasteiger partial charge in [-0.3, -0.25) is 9.78 Å². The van der Waals surface area contributed by atoms with Gasteiger partial charge in [-0.05, 0) is 36.2 Å². The third-order valence-electron chi connectivity index (χ3n) is 4.64. The van der Waals surface area contributed by atoms with Crippen LogP contribution in [0.25, 0.3) is 10.9 Å². The van der Waals surface area contributed by atoms with Crippen LogP contribution in [0.2, 0.25) is 0 Å². The van der Waals surface area contributed by atoms with E-state index in [0.717, 1.165) is 23.0 Å². The zero-order valence-electron chi connectivity index (χ0n) is 15.0. The Morgan fingerprint density at radius 3 is 2.48 bits per heavy atom. The Bertz CT molecular complexity index is 992. The zero-order chi connectivity index (χ0) is 18.5. The second kappa shape index (κ2) is 7.87. The summed E-state index contributed by atoms with van der Waals surface area (Å²) in [6.07, 6.45) is 2.57. The molecule has 4 nitrogen and oxygen atoms in total. The van der Waals surface area contributed by atoms with Crippen LogP contribution in [-0.4, -0.2) is 27.3 Å². The van der Waals surface area contributed by atoms with Gasteiger partial charge in [-0.1, -0.05) is 54.6 Å². The Morgan fingerprint density at radius 1 is 0.926 bits per heavy atom. The molecule has 2 aromatic carbocycles. The van der Waals surface area contributed by atoms with Crippen molar-refractivity contribution in [1.29, 1.82) is 0 Å². The molecule has 2 heterocycles. The number of hydrogen-bond donors (Lipinski definition) is 1. The number of carbonyl (C=O) groups is 1. The average molecular weight is 355 g/mol. The Hall–Kier alpha value is -3.40. The van der Waals surface area contributed by atoms with Gasteiger partial charge in [0.05, 0.1) is 12.2 Å². The minimum absolute atomic E-state index is 0.00668. The van der Waals surface area contributed by atoms with E-state index in [1.807, 2.05) is 71.6 Å².